The van der Waals surface area contributed by atoms with E-state index < -0.39 is 0 Å². The van der Waals surface area contributed by atoms with Crippen LogP contribution in [0.4, 0.5) is 0 Å². The third-order valence-electron chi connectivity index (χ3n) is 8.48. The zero-order chi connectivity index (χ0) is 17.1. The molecular weight excluding hydrogens is 348 g/mol. The minimum atomic E-state index is 0.330. The standard InChI is InChI=1S/C21H32O2S2/c1-11(22)25-13-8-14-15(9-13)17-10-16(14)20-12-6-18(21(17)20)19(7-12)23-4-3-5-24-2/h12-21H,3-10H2,1-2H3. The monoisotopic (exact) mass is 380 g/mol. The van der Waals surface area contributed by atoms with Gasteiger partial charge in [-0.05, 0) is 97.9 Å². The third kappa shape index (κ3) is 2.76. The van der Waals surface area contributed by atoms with Crippen molar-refractivity contribution in [2.75, 3.05) is 18.6 Å². The van der Waals surface area contributed by atoms with E-state index in [1.54, 1.807) is 18.7 Å². The van der Waals surface area contributed by atoms with Crippen LogP contribution in [0.5, 0.6) is 0 Å². The molecule has 5 aliphatic carbocycles. The van der Waals surface area contributed by atoms with E-state index in [0.29, 0.717) is 16.5 Å². The fourth-order valence-corrected chi connectivity index (χ4v) is 9.69. The predicted molar refractivity (Wildman–Crippen MR) is 106 cm³/mol. The van der Waals surface area contributed by atoms with Crippen molar-refractivity contribution in [3.05, 3.63) is 0 Å². The van der Waals surface area contributed by atoms with Crippen LogP contribution >= 0.6 is 23.5 Å². The summed E-state index contributed by atoms with van der Waals surface area (Å²) in [6.07, 6.45) is 11.0. The van der Waals surface area contributed by atoms with Gasteiger partial charge >= 0.3 is 0 Å². The van der Waals surface area contributed by atoms with Gasteiger partial charge in [0.25, 0.3) is 0 Å². The zero-order valence-electron chi connectivity index (χ0n) is 15.6. The second-order valence-corrected chi connectivity index (χ2v) is 11.9. The molecule has 0 saturated heterocycles. The van der Waals surface area contributed by atoms with E-state index in [1.807, 2.05) is 11.8 Å². The maximum Gasteiger partial charge on any atom is 0.186 e. The normalized spacial score (nSPS) is 51.9. The second-order valence-electron chi connectivity index (χ2n) is 9.40. The van der Waals surface area contributed by atoms with Crippen molar-refractivity contribution in [3.8, 4) is 0 Å². The Bertz CT molecular complexity index is 538. The summed E-state index contributed by atoms with van der Waals surface area (Å²) in [6, 6.07) is 0. The molecule has 5 saturated carbocycles. The molecule has 0 radical (unpaired) electrons. The van der Waals surface area contributed by atoms with Crippen molar-refractivity contribution in [3.63, 3.8) is 0 Å². The van der Waals surface area contributed by atoms with E-state index in [-0.39, 0.29) is 0 Å². The van der Waals surface area contributed by atoms with Gasteiger partial charge in [-0.25, -0.2) is 0 Å². The van der Waals surface area contributed by atoms with Gasteiger partial charge in [-0.15, -0.1) is 0 Å². The molecule has 0 amide bonds. The molecule has 2 nitrogen and oxygen atoms in total. The fraction of sp³-hybridized carbons (Fsp3) is 0.952. The Balaban J connectivity index is 1.25. The van der Waals surface area contributed by atoms with Gasteiger partial charge in [-0.2, -0.15) is 11.8 Å². The number of rotatable bonds is 6. The van der Waals surface area contributed by atoms with Crippen LogP contribution < -0.4 is 0 Å². The van der Waals surface area contributed by atoms with Gasteiger partial charge in [0.2, 0.25) is 0 Å². The Morgan fingerprint density at radius 3 is 2.44 bits per heavy atom. The summed E-state index contributed by atoms with van der Waals surface area (Å²) < 4.78 is 6.38. The van der Waals surface area contributed by atoms with E-state index in [4.69, 9.17) is 4.74 Å². The van der Waals surface area contributed by atoms with Crippen LogP contribution in [-0.2, 0) is 9.53 Å². The van der Waals surface area contributed by atoms with Gasteiger partial charge in [-0.3, -0.25) is 4.79 Å². The molecule has 0 aliphatic heterocycles. The topological polar surface area (TPSA) is 26.3 Å². The molecule has 25 heavy (non-hydrogen) atoms. The fourth-order valence-electron chi connectivity index (χ4n) is 8.17. The molecule has 0 aromatic carbocycles. The largest absolute Gasteiger partial charge is 0.378 e. The van der Waals surface area contributed by atoms with Crippen LogP contribution in [0.3, 0.4) is 0 Å². The van der Waals surface area contributed by atoms with Gasteiger partial charge < -0.3 is 4.74 Å². The highest BCUT2D eigenvalue weighted by Gasteiger charge is 2.68. The summed E-state index contributed by atoms with van der Waals surface area (Å²) in [5.41, 5.74) is 0. The maximum atomic E-state index is 11.5. The van der Waals surface area contributed by atoms with E-state index in [9.17, 15) is 4.79 Å². The molecule has 5 aliphatic rings. The van der Waals surface area contributed by atoms with Crippen LogP contribution in [-0.4, -0.2) is 35.1 Å². The first kappa shape index (κ1) is 17.4. The summed E-state index contributed by atoms with van der Waals surface area (Å²) >= 11 is 3.58. The SMILES string of the molecule is CSCCCOC1CC2CC1C1C3CC(C4CC(SC(C)=O)CC43)C21. The van der Waals surface area contributed by atoms with Gasteiger partial charge in [0.15, 0.2) is 5.12 Å². The first-order valence-electron chi connectivity index (χ1n) is 10.4. The van der Waals surface area contributed by atoms with Crippen molar-refractivity contribution in [1.29, 1.82) is 0 Å². The molecule has 0 N–H and O–H groups in total. The summed E-state index contributed by atoms with van der Waals surface area (Å²) in [4.78, 5) is 11.5. The number of ether oxygens (including phenoxy) is 1. The van der Waals surface area contributed by atoms with E-state index >= 15 is 0 Å². The third-order valence-corrected chi connectivity index (χ3v) is 10.2. The number of carbonyl (C=O) groups is 1. The van der Waals surface area contributed by atoms with E-state index in [2.05, 4.69) is 6.26 Å². The quantitative estimate of drug-likeness (QED) is 0.492. The lowest BCUT2D eigenvalue weighted by Crippen LogP contribution is -2.41. The molecular formula is C21H32O2S2. The number of thioether (sulfide) groups is 2. The van der Waals surface area contributed by atoms with Gasteiger partial charge in [0, 0.05) is 18.8 Å². The highest BCUT2D eigenvalue weighted by Crippen LogP contribution is 2.73. The lowest BCUT2D eigenvalue weighted by Gasteiger charge is -2.43. The zero-order valence-corrected chi connectivity index (χ0v) is 17.2. The maximum absolute atomic E-state index is 11.5. The molecule has 0 aromatic heterocycles. The number of hydrogen-bond donors (Lipinski definition) is 0. The van der Waals surface area contributed by atoms with E-state index in [0.717, 1.165) is 54.0 Å². The Labute approximate surface area is 161 Å². The van der Waals surface area contributed by atoms with Gasteiger partial charge in [0.1, 0.15) is 0 Å². The Kier molecular flexibility index (Phi) is 4.70. The smallest absolute Gasteiger partial charge is 0.186 e. The van der Waals surface area contributed by atoms with Crippen molar-refractivity contribution in [2.24, 2.45) is 47.3 Å². The molecule has 10 unspecified atom stereocenters. The Morgan fingerprint density at radius 2 is 1.72 bits per heavy atom. The molecule has 10 atom stereocenters. The molecule has 4 bridgehead atoms. The Hall–Kier alpha value is 0.330. The van der Waals surface area contributed by atoms with Crippen LogP contribution in [0.25, 0.3) is 0 Å². The highest BCUT2D eigenvalue weighted by molar-refractivity contribution is 8.14. The molecule has 0 heterocycles. The molecule has 4 heteroatoms. The molecule has 140 valence electrons. The summed E-state index contributed by atoms with van der Waals surface area (Å²) in [5.74, 6) is 8.98. The predicted octanol–water partition coefficient (Wildman–Crippen LogP) is 4.72. The van der Waals surface area contributed by atoms with Crippen LogP contribution in [0.2, 0.25) is 0 Å². The van der Waals surface area contributed by atoms with E-state index in [1.165, 1.54) is 44.3 Å². The average Bonchev–Trinajstić information content (AvgIpc) is 3.31. The van der Waals surface area contributed by atoms with Crippen LogP contribution in [0.1, 0.15) is 45.4 Å². The lowest BCUT2D eigenvalue weighted by atomic mass is 9.64. The molecule has 0 spiro atoms. The first-order valence-corrected chi connectivity index (χ1v) is 12.7. The highest BCUT2D eigenvalue weighted by atomic mass is 32.2. The van der Waals surface area contributed by atoms with Gasteiger partial charge in [-0.1, -0.05) is 11.8 Å². The minimum absolute atomic E-state index is 0.330. The van der Waals surface area contributed by atoms with Crippen LogP contribution in [0.15, 0.2) is 0 Å². The second kappa shape index (κ2) is 6.74. The minimum Gasteiger partial charge on any atom is -0.378 e. The van der Waals surface area contributed by atoms with Crippen molar-refractivity contribution < 1.29 is 9.53 Å². The summed E-state index contributed by atoms with van der Waals surface area (Å²) in [6.45, 7) is 2.73. The van der Waals surface area contributed by atoms with Crippen LogP contribution in [0, 0.1) is 47.3 Å². The lowest BCUT2D eigenvalue weighted by molar-refractivity contribution is -0.109. The molecule has 0 aromatic rings. The first-order chi connectivity index (χ1) is 12.2. The van der Waals surface area contributed by atoms with Crippen molar-refractivity contribution in [1.82, 2.24) is 0 Å². The number of fused-ring (bicyclic) bond motifs is 12. The number of carbonyl (C=O) groups excluding carboxylic acids is 1. The molecule has 5 rings (SSSR count). The number of hydrogen-bond acceptors (Lipinski definition) is 4. The average molecular weight is 381 g/mol. The molecule has 5 fully saturated rings. The Morgan fingerprint density at radius 1 is 0.960 bits per heavy atom. The summed E-state index contributed by atoms with van der Waals surface area (Å²) in [7, 11) is 0. The van der Waals surface area contributed by atoms with Gasteiger partial charge in [0.05, 0.1) is 6.10 Å². The van der Waals surface area contributed by atoms with Crippen molar-refractivity contribution >= 4 is 28.6 Å². The summed E-state index contributed by atoms with van der Waals surface area (Å²) in [5, 5.41) is 0.962. The van der Waals surface area contributed by atoms with Crippen molar-refractivity contribution in [2.45, 2.75) is 56.8 Å².